The van der Waals surface area contributed by atoms with E-state index in [9.17, 15) is 13.2 Å². The van der Waals surface area contributed by atoms with Crippen molar-refractivity contribution in [3.8, 4) is 0 Å². The number of anilines is 1. The highest BCUT2D eigenvalue weighted by molar-refractivity contribution is 7.90. The van der Waals surface area contributed by atoms with Crippen LogP contribution >= 0.6 is 11.6 Å². The number of amides is 2. The molecule has 0 saturated heterocycles. The van der Waals surface area contributed by atoms with E-state index in [0.29, 0.717) is 0 Å². The van der Waals surface area contributed by atoms with Crippen molar-refractivity contribution < 1.29 is 13.2 Å². The lowest BCUT2D eigenvalue weighted by Gasteiger charge is -2.15. The highest BCUT2D eigenvalue weighted by atomic mass is 35.5. The molecule has 0 heterocycles. The van der Waals surface area contributed by atoms with Gasteiger partial charge in [0, 0.05) is 12.3 Å². The summed E-state index contributed by atoms with van der Waals surface area (Å²) in [5.74, 6) is 0. The molecule has 0 bridgehead atoms. The van der Waals surface area contributed by atoms with E-state index >= 15 is 0 Å². The maximum Gasteiger partial charge on any atom is 0.319 e. The van der Waals surface area contributed by atoms with Gasteiger partial charge in [-0.2, -0.15) is 0 Å². The van der Waals surface area contributed by atoms with Crippen molar-refractivity contribution in [3.63, 3.8) is 0 Å². The summed E-state index contributed by atoms with van der Waals surface area (Å²) in [6, 6.07) is 13.8. The minimum absolute atomic E-state index is 0.0444. The fourth-order valence-electron chi connectivity index (χ4n) is 2.31. The third-order valence-electron chi connectivity index (χ3n) is 3.70. The topological polar surface area (TPSA) is 75.3 Å². The third kappa shape index (κ3) is 6.07. The fourth-order valence-corrected chi connectivity index (χ4v) is 3.12. The summed E-state index contributed by atoms with van der Waals surface area (Å²) < 4.78 is 23.2. The molecule has 7 heteroatoms. The van der Waals surface area contributed by atoms with E-state index in [1.54, 1.807) is 0 Å². The number of carbonyl (C=O) groups excluding carboxylic acids is 1. The first-order chi connectivity index (χ1) is 11.8. The second-order valence-corrected chi connectivity index (χ2v) is 8.36. The maximum atomic E-state index is 12.1. The predicted molar refractivity (Wildman–Crippen MR) is 101 cm³/mol. The first kappa shape index (κ1) is 19.3. The molecule has 2 N–H and O–H groups in total. The van der Waals surface area contributed by atoms with Crippen LogP contribution in [0, 0.1) is 0 Å². The molecular weight excluding hydrogens is 360 g/mol. The second-order valence-electron chi connectivity index (χ2n) is 5.94. The maximum absolute atomic E-state index is 12.1. The Morgan fingerprint density at radius 2 is 1.84 bits per heavy atom. The Morgan fingerprint density at radius 1 is 1.16 bits per heavy atom. The number of halogens is 1. The summed E-state index contributed by atoms with van der Waals surface area (Å²) in [6.45, 7) is 1.91. The molecule has 2 aromatic carbocycles. The number of rotatable bonds is 6. The van der Waals surface area contributed by atoms with Crippen LogP contribution in [0.2, 0.25) is 5.02 Å². The SMILES string of the molecule is C[C@H](CCc1ccccc1)NC(=O)Nc1cc(S(C)(=O)=O)ccc1Cl. The predicted octanol–water partition coefficient (Wildman–Crippen LogP) is 3.89. The molecule has 0 saturated carbocycles. The quantitative estimate of drug-likeness (QED) is 0.798. The van der Waals surface area contributed by atoms with Crippen LogP contribution in [0.1, 0.15) is 18.9 Å². The summed E-state index contributed by atoms with van der Waals surface area (Å²) in [6.07, 6.45) is 2.74. The van der Waals surface area contributed by atoms with Gasteiger partial charge >= 0.3 is 6.03 Å². The van der Waals surface area contributed by atoms with Gasteiger partial charge in [-0.15, -0.1) is 0 Å². The Bertz CT molecular complexity index is 839. The average Bonchev–Trinajstić information content (AvgIpc) is 2.55. The van der Waals surface area contributed by atoms with Crippen molar-refractivity contribution in [3.05, 3.63) is 59.1 Å². The Morgan fingerprint density at radius 3 is 2.48 bits per heavy atom. The van der Waals surface area contributed by atoms with Gasteiger partial charge in [-0.3, -0.25) is 0 Å². The molecule has 0 aliphatic heterocycles. The summed E-state index contributed by atoms with van der Waals surface area (Å²) in [5, 5.41) is 5.71. The minimum atomic E-state index is -3.37. The average molecular weight is 381 g/mol. The molecule has 5 nitrogen and oxygen atoms in total. The van der Waals surface area contributed by atoms with Gasteiger partial charge in [-0.05, 0) is 43.5 Å². The number of urea groups is 1. The Hall–Kier alpha value is -2.05. The van der Waals surface area contributed by atoms with Crippen molar-refractivity contribution in [1.29, 1.82) is 0 Å². The summed E-state index contributed by atoms with van der Waals surface area (Å²) in [7, 11) is -3.37. The van der Waals surface area contributed by atoms with Crippen LogP contribution in [0.15, 0.2) is 53.4 Å². The standard InChI is InChI=1S/C18H21ClN2O3S/c1-13(8-9-14-6-4-3-5-7-14)20-18(22)21-17-12-15(25(2,23)24)10-11-16(17)19/h3-7,10-13H,8-9H2,1-2H3,(H2,20,21,22)/t13-/m1/s1. The van der Waals surface area contributed by atoms with E-state index in [4.69, 9.17) is 11.6 Å². The number of benzene rings is 2. The molecule has 0 aromatic heterocycles. The van der Waals surface area contributed by atoms with E-state index in [2.05, 4.69) is 10.6 Å². The lowest BCUT2D eigenvalue weighted by molar-refractivity contribution is 0.248. The van der Waals surface area contributed by atoms with Crippen LogP contribution in [-0.2, 0) is 16.3 Å². The van der Waals surface area contributed by atoms with E-state index in [0.717, 1.165) is 19.1 Å². The number of hydrogen-bond donors (Lipinski definition) is 2. The fraction of sp³-hybridized carbons (Fsp3) is 0.278. The highest BCUT2D eigenvalue weighted by Crippen LogP contribution is 2.25. The number of aryl methyl sites for hydroxylation is 1. The molecule has 134 valence electrons. The number of nitrogens with one attached hydrogen (secondary N) is 2. The Balaban J connectivity index is 1.93. The Kier molecular flexibility index (Phi) is 6.45. The first-order valence-corrected chi connectivity index (χ1v) is 10.1. The molecule has 2 rings (SSSR count). The smallest absolute Gasteiger partial charge is 0.319 e. The van der Waals surface area contributed by atoms with Gasteiger partial charge < -0.3 is 10.6 Å². The van der Waals surface area contributed by atoms with Gasteiger partial charge in [-0.1, -0.05) is 41.9 Å². The van der Waals surface area contributed by atoms with Crippen LogP contribution in [0.4, 0.5) is 10.5 Å². The zero-order valence-electron chi connectivity index (χ0n) is 14.1. The zero-order valence-corrected chi connectivity index (χ0v) is 15.7. The van der Waals surface area contributed by atoms with E-state index < -0.39 is 15.9 Å². The van der Waals surface area contributed by atoms with Crippen LogP contribution in [-0.4, -0.2) is 26.7 Å². The lowest BCUT2D eigenvalue weighted by atomic mass is 10.1. The first-order valence-electron chi connectivity index (χ1n) is 7.87. The van der Waals surface area contributed by atoms with E-state index in [-0.39, 0.29) is 21.6 Å². The molecule has 0 radical (unpaired) electrons. The van der Waals surface area contributed by atoms with Gasteiger partial charge in [-0.25, -0.2) is 13.2 Å². The van der Waals surface area contributed by atoms with Crippen molar-refractivity contribution in [2.24, 2.45) is 0 Å². The van der Waals surface area contributed by atoms with Crippen molar-refractivity contribution in [2.45, 2.75) is 30.7 Å². The van der Waals surface area contributed by atoms with Crippen LogP contribution in [0.25, 0.3) is 0 Å². The number of sulfone groups is 1. The van der Waals surface area contributed by atoms with Gasteiger partial charge in [0.15, 0.2) is 9.84 Å². The molecule has 0 spiro atoms. The van der Waals surface area contributed by atoms with Crippen LogP contribution in [0.3, 0.4) is 0 Å². The van der Waals surface area contributed by atoms with Gasteiger partial charge in [0.05, 0.1) is 15.6 Å². The molecule has 2 aromatic rings. The molecular formula is C18H21ClN2O3S. The molecule has 0 aliphatic carbocycles. The zero-order chi connectivity index (χ0) is 18.4. The van der Waals surface area contributed by atoms with Gasteiger partial charge in [0.1, 0.15) is 0 Å². The van der Waals surface area contributed by atoms with Crippen molar-refractivity contribution >= 4 is 33.2 Å². The van der Waals surface area contributed by atoms with E-state index in [1.807, 2.05) is 37.3 Å². The number of carbonyl (C=O) groups is 1. The molecule has 0 aliphatic rings. The highest BCUT2D eigenvalue weighted by Gasteiger charge is 2.13. The van der Waals surface area contributed by atoms with Gasteiger partial charge in [0.25, 0.3) is 0 Å². The largest absolute Gasteiger partial charge is 0.335 e. The van der Waals surface area contributed by atoms with Gasteiger partial charge in [0.2, 0.25) is 0 Å². The molecule has 1 atom stereocenters. The van der Waals surface area contributed by atoms with Crippen LogP contribution < -0.4 is 10.6 Å². The Labute approximate surface area is 153 Å². The lowest BCUT2D eigenvalue weighted by Crippen LogP contribution is -2.36. The molecule has 0 unspecified atom stereocenters. The second kappa shape index (κ2) is 8.36. The van der Waals surface area contributed by atoms with Crippen molar-refractivity contribution in [1.82, 2.24) is 5.32 Å². The minimum Gasteiger partial charge on any atom is -0.335 e. The summed E-state index contributed by atoms with van der Waals surface area (Å²) in [4.78, 5) is 12.2. The van der Waals surface area contributed by atoms with E-state index in [1.165, 1.54) is 23.8 Å². The molecule has 25 heavy (non-hydrogen) atoms. The molecule has 0 fully saturated rings. The third-order valence-corrected chi connectivity index (χ3v) is 5.14. The van der Waals surface area contributed by atoms with Crippen LogP contribution in [0.5, 0.6) is 0 Å². The normalized spacial score (nSPS) is 12.4. The number of hydrogen-bond acceptors (Lipinski definition) is 3. The van der Waals surface area contributed by atoms with Crippen molar-refractivity contribution in [2.75, 3.05) is 11.6 Å². The summed E-state index contributed by atoms with van der Waals surface area (Å²) in [5.41, 5.74) is 1.47. The molecule has 2 amide bonds. The summed E-state index contributed by atoms with van der Waals surface area (Å²) >= 11 is 6.03. The monoisotopic (exact) mass is 380 g/mol.